The summed E-state index contributed by atoms with van der Waals surface area (Å²) >= 11 is 0. The topological polar surface area (TPSA) is 189 Å². The van der Waals surface area contributed by atoms with Gasteiger partial charge in [-0.3, -0.25) is 24.0 Å². The molecule has 0 saturated carbocycles. The fraction of sp³-hybridized carbons (Fsp3) is 0.281. The summed E-state index contributed by atoms with van der Waals surface area (Å²) in [6.07, 6.45) is 0.133. The number of carboxylic acids is 1. The van der Waals surface area contributed by atoms with Crippen LogP contribution in [0.15, 0.2) is 66.7 Å². The van der Waals surface area contributed by atoms with Gasteiger partial charge in [0.2, 0.25) is 11.8 Å². The van der Waals surface area contributed by atoms with Crippen LogP contribution in [0.25, 0.3) is 0 Å². The van der Waals surface area contributed by atoms with Crippen molar-refractivity contribution in [1.82, 2.24) is 5.32 Å². The molecule has 3 aromatic carbocycles. The first-order chi connectivity index (χ1) is 21.4. The van der Waals surface area contributed by atoms with Crippen molar-refractivity contribution in [2.24, 2.45) is 11.7 Å². The van der Waals surface area contributed by atoms with Crippen molar-refractivity contribution in [3.8, 4) is 17.2 Å². The zero-order valence-electron chi connectivity index (χ0n) is 25.5. The molecule has 1 heterocycles. The first kappa shape index (κ1) is 33.9. The highest BCUT2D eigenvalue weighted by atomic mass is 16.5. The summed E-state index contributed by atoms with van der Waals surface area (Å²) in [5.74, 6) is -2.26. The number of benzene rings is 3. The first-order valence-corrected chi connectivity index (χ1v) is 14.1. The summed E-state index contributed by atoms with van der Waals surface area (Å²) in [5.41, 5.74) is 6.69. The number of anilines is 3. The van der Waals surface area contributed by atoms with Crippen LogP contribution < -0.4 is 36.1 Å². The number of hydrogen-bond acceptors (Lipinski definition) is 8. The number of carbonyl (C=O) groups is 5. The van der Waals surface area contributed by atoms with Gasteiger partial charge in [0.05, 0.1) is 16.9 Å². The lowest BCUT2D eigenvalue weighted by atomic mass is 9.97. The minimum absolute atomic E-state index is 0.0893. The minimum Gasteiger partial charge on any atom is -0.484 e. The lowest BCUT2D eigenvalue weighted by molar-refractivity contribution is -0.136. The molecule has 0 fully saturated rings. The van der Waals surface area contributed by atoms with Crippen molar-refractivity contribution in [3.63, 3.8) is 0 Å². The number of para-hydroxylation sites is 1. The second-order valence-electron chi connectivity index (χ2n) is 10.4. The fourth-order valence-corrected chi connectivity index (χ4v) is 4.19. The highest BCUT2D eigenvalue weighted by Gasteiger charge is 2.33. The molecule has 0 aliphatic carbocycles. The Morgan fingerprint density at radius 3 is 2.31 bits per heavy atom. The van der Waals surface area contributed by atoms with E-state index in [1.54, 1.807) is 50.2 Å². The molecule has 0 radical (unpaired) electrons. The number of carbonyl (C=O) groups excluding carboxylic acids is 4. The van der Waals surface area contributed by atoms with E-state index >= 15 is 0 Å². The summed E-state index contributed by atoms with van der Waals surface area (Å²) in [7, 11) is 3.78. The van der Waals surface area contributed by atoms with Crippen LogP contribution in [-0.2, 0) is 19.2 Å². The Labute approximate surface area is 260 Å². The number of amides is 4. The Morgan fingerprint density at radius 2 is 1.69 bits per heavy atom. The van der Waals surface area contributed by atoms with Crippen molar-refractivity contribution in [3.05, 3.63) is 72.3 Å². The maximum atomic E-state index is 13.2. The SMILES string of the molecule is CCC(=O)O.C[C@H](CC(N)=O)C1NC(=O)c2cc(Oc3cccc(N(C)C)c3)c(NC(=O)COc3ccccc3)cc2NC1=O. The molecule has 45 heavy (non-hydrogen) atoms. The van der Waals surface area contributed by atoms with Gasteiger partial charge >= 0.3 is 5.97 Å². The molecular weight excluding hydrogens is 582 g/mol. The van der Waals surface area contributed by atoms with Crippen LogP contribution in [0.2, 0.25) is 0 Å². The first-order valence-electron chi connectivity index (χ1n) is 14.1. The lowest BCUT2D eigenvalue weighted by Gasteiger charge is -2.20. The minimum atomic E-state index is -0.995. The average molecular weight is 620 g/mol. The highest BCUT2D eigenvalue weighted by molar-refractivity contribution is 6.11. The van der Waals surface area contributed by atoms with Gasteiger partial charge in [-0.2, -0.15) is 0 Å². The van der Waals surface area contributed by atoms with Gasteiger partial charge in [-0.1, -0.05) is 38.1 Å². The Kier molecular flexibility index (Phi) is 11.9. The monoisotopic (exact) mass is 619 g/mol. The highest BCUT2D eigenvalue weighted by Crippen LogP contribution is 2.37. The standard InChI is InChI=1S/C29H31N5O6.C3H6O2/c1-17(12-25(30)35)27-29(38)32-22-15-23(31-26(36)16-39-19-9-5-4-6-10-19)24(14-21(22)28(37)33-27)40-20-11-7-8-18(13-20)34(2)3;1-2-3(4)5/h4-11,13-15,17,27H,12,16H2,1-3H3,(H2,30,35)(H,31,36)(H,32,38)(H,33,37);2H2,1H3,(H,4,5)/t17-,27?;/m1./s1. The third-order valence-electron chi connectivity index (χ3n) is 6.53. The molecule has 1 unspecified atom stereocenters. The molecule has 0 bridgehead atoms. The van der Waals surface area contributed by atoms with Gasteiger partial charge in [0.15, 0.2) is 12.4 Å². The van der Waals surface area contributed by atoms with E-state index in [4.69, 9.17) is 20.3 Å². The summed E-state index contributed by atoms with van der Waals surface area (Å²) < 4.78 is 11.7. The van der Waals surface area contributed by atoms with Crippen LogP contribution in [0.5, 0.6) is 17.2 Å². The molecule has 1 aliphatic heterocycles. The van der Waals surface area contributed by atoms with E-state index in [0.717, 1.165) is 5.69 Å². The largest absolute Gasteiger partial charge is 0.484 e. The van der Waals surface area contributed by atoms with E-state index in [9.17, 15) is 24.0 Å². The van der Waals surface area contributed by atoms with Crippen molar-refractivity contribution < 1.29 is 38.6 Å². The number of primary amides is 1. The molecule has 0 spiro atoms. The third kappa shape index (κ3) is 9.99. The van der Waals surface area contributed by atoms with Crippen LogP contribution in [0.4, 0.5) is 17.1 Å². The normalized spacial score (nSPS) is 14.2. The van der Waals surface area contributed by atoms with E-state index in [1.807, 2.05) is 37.2 Å². The van der Waals surface area contributed by atoms with Gasteiger partial charge in [0.25, 0.3) is 11.8 Å². The number of rotatable bonds is 11. The van der Waals surface area contributed by atoms with Gasteiger partial charge in [-0.05, 0) is 42.3 Å². The van der Waals surface area contributed by atoms with Gasteiger partial charge in [0.1, 0.15) is 17.5 Å². The molecule has 3 aromatic rings. The van der Waals surface area contributed by atoms with E-state index in [-0.39, 0.29) is 42.1 Å². The van der Waals surface area contributed by atoms with Crippen LogP contribution in [0.1, 0.15) is 37.0 Å². The van der Waals surface area contributed by atoms with E-state index in [1.165, 1.54) is 12.1 Å². The van der Waals surface area contributed by atoms with Crippen molar-refractivity contribution >= 4 is 46.7 Å². The Bertz CT molecular complexity index is 1540. The molecule has 13 heteroatoms. The lowest BCUT2D eigenvalue weighted by Crippen LogP contribution is -2.46. The van der Waals surface area contributed by atoms with Crippen molar-refractivity contribution in [1.29, 1.82) is 0 Å². The Balaban J connectivity index is 0.00000102. The number of ether oxygens (including phenoxy) is 2. The smallest absolute Gasteiger partial charge is 0.303 e. The zero-order valence-corrected chi connectivity index (χ0v) is 25.5. The van der Waals surface area contributed by atoms with E-state index < -0.39 is 41.6 Å². The maximum absolute atomic E-state index is 13.2. The fourth-order valence-electron chi connectivity index (χ4n) is 4.19. The van der Waals surface area contributed by atoms with Gasteiger partial charge < -0.3 is 41.2 Å². The summed E-state index contributed by atoms with van der Waals surface area (Å²) in [4.78, 5) is 61.7. The van der Waals surface area contributed by atoms with Gasteiger partial charge in [-0.15, -0.1) is 0 Å². The average Bonchev–Trinajstić information content (AvgIpc) is 3.12. The second kappa shape index (κ2) is 15.8. The van der Waals surface area contributed by atoms with Crippen LogP contribution in [0, 0.1) is 5.92 Å². The molecule has 0 aromatic heterocycles. The van der Waals surface area contributed by atoms with Crippen molar-refractivity contribution in [2.45, 2.75) is 32.7 Å². The summed E-state index contributed by atoms with van der Waals surface area (Å²) in [5, 5.41) is 15.9. The van der Waals surface area contributed by atoms with Crippen molar-refractivity contribution in [2.75, 3.05) is 36.2 Å². The quantitative estimate of drug-likeness (QED) is 0.213. The number of carboxylic acid groups (broad SMARTS) is 1. The number of hydrogen-bond donors (Lipinski definition) is 5. The van der Waals surface area contributed by atoms with Crippen LogP contribution in [0.3, 0.4) is 0 Å². The second-order valence-corrected chi connectivity index (χ2v) is 10.4. The number of nitrogens with one attached hydrogen (secondary N) is 3. The Morgan fingerprint density at radius 1 is 1.02 bits per heavy atom. The van der Waals surface area contributed by atoms with E-state index in [0.29, 0.717) is 11.5 Å². The van der Waals surface area contributed by atoms with E-state index in [2.05, 4.69) is 16.0 Å². The third-order valence-corrected chi connectivity index (χ3v) is 6.53. The molecule has 4 rings (SSSR count). The predicted octanol–water partition coefficient (Wildman–Crippen LogP) is 3.61. The molecule has 1 aliphatic rings. The zero-order chi connectivity index (χ0) is 33.1. The Hall–Kier alpha value is -5.59. The molecule has 2 atom stereocenters. The molecule has 0 saturated heterocycles. The molecule has 238 valence electrons. The number of aliphatic carboxylic acids is 1. The van der Waals surface area contributed by atoms with Gasteiger partial charge in [0, 0.05) is 38.7 Å². The number of fused-ring (bicyclic) bond motifs is 1. The molecule has 13 nitrogen and oxygen atoms in total. The molecule has 6 N–H and O–H groups in total. The number of nitrogens with zero attached hydrogens (tertiary/aromatic N) is 1. The summed E-state index contributed by atoms with van der Waals surface area (Å²) in [6.45, 7) is 2.97. The van der Waals surface area contributed by atoms with Crippen LogP contribution in [-0.4, -0.2) is 61.4 Å². The predicted molar refractivity (Wildman–Crippen MR) is 169 cm³/mol. The maximum Gasteiger partial charge on any atom is 0.303 e. The van der Waals surface area contributed by atoms with Crippen LogP contribution >= 0.6 is 0 Å². The summed E-state index contributed by atoms with van der Waals surface area (Å²) in [6, 6.07) is 18.1. The molecular formula is C32H37N5O8. The molecule has 4 amide bonds. The number of nitrogens with two attached hydrogens (primary N) is 1. The van der Waals surface area contributed by atoms with Gasteiger partial charge in [-0.25, -0.2) is 0 Å².